The van der Waals surface area contributed by atoms with E-state index in [1.54, 1.807) is 0 Å². The lowest BCUT2D eigenvalue weighted by Gasteiger charge is -2.28. The summed E-state index contributed by atoms with van der Waals surface area (Å²) < 4.78 is 5.21. The fourth-order valence-electron chi connectivity index (χ4n) is 2.06. The minimum atomic E-state index is -0.591. The molecular weight excluding hydrogens is 308 g/mol. The number of hydrogen-bond acceptors (Lipinski definition) is 7. The van der Waals surface area contributed by atoms with Gasteiger partial charge in [0.15, 0.2) is 6.61 Å². The molecule has 0 aliphatic carbocycles. The highest BCUT2D eigenvalue weighted by Crippen LogP contribution is 2.35. The van der Waals surface area contributed by atoms with Crippen molar-refractivity contribution in [3.8, 4) is 5.75 Å². The zero-order valence-electron chi connectivity index (χ0n) is 11.6. The Labute approximate surface area is 128 Å². The molecule has 0 saturated carbocycles. The van der Waals surface area contributed by atoms with Crippen molar-refractivity contribution in [3.63, 3.8) is 0 Å². The third kappa shape index (κ3) is 2.92. The van der Waals surface area contributed by atoms with Crippen molar-refractivity contribution in [1.29, 1.82) is 0 Å². The average molecular weight is 318 g/mol. The molecule has 2 N–H and O–H groups in total. The summed E-state index contributed by atoms with van der Waals surface area (Å²) in [7, 11) is 0. The van der Waals surface area contributed by atoms with E-state index in [0.29, 0.717) is 5.75 Å². The van der Waals surface area contributed by atoms with Gasteiger partial charge in [0.05, 0.1) is 10.6 Å². The van der Waals surface area contributed by atoms with Crippen molar-refractivity contribution in [2.75, 3.05) is 23.4 Å². The van der Waals surface area contributed by atoms with Gasteiger partial charge in [0.2, 0.25) is 11.9 Å². The molecule has 0 atom stereocenters. The van der Waals surface area contributed by atoms with Crippen LogP contribution in [-0.4, -0.2) is 45.1 Å². The standard InChI is InChI=1S/C12H10N6O5/c19-10(15-12-13-6-14-16-12)4-17-8-3-7(18(21)22)1-2-9(8)23-5-11(17)20/h1-3,6H,4-5H2,(H2,13,14,15,16,19). The van der Waals surface area contributed by atoms with Crippen LogP contribution in [0.25, 0.3) is 0 Å². The number of aromatic nitrogens is 3. The van der Waals surface area contributed by atoms with E-state index in [2.05, 4.69) is 20.5 Å². The average Bonchev–Trinajstić information content (AvgIpc) is 3.02. The molecule has 0 fully saturated rings. The summed E-state index contributed by atoms with van der Waals surface area (Å²) in [6, 6.07) is 3.84. The van der Waals surface area contributed by atoms with Gasteiger partial charge in [-0.25, -0.2) is 5.10 Å². The lowest BCUT2D eigenvalue weighted by Crippen LogP contribution is -2.43. The Balaban J connectivity index is 1.84. The molecule has 11 heteroatoms. The first-order valence-electron chi connectivity index (χ1n) is 6.41. The van der Waals surface area contributed by atoms with Crippen molar-refractivity contribution < 1.29 is 19.2 Å². The Kier molecular flexibility index (Phi) is 3.58. The van der Waals surface area contributed by atoms with Gasteiger partial charge in [0.25, 0.3) is 11.6 Å². The quantitative estimate of drug-likeness (QED) is 0.600. The lowest BCUT2D eigenvalue weighted by atomic mass is 10.2. The Morgan fingerprint density at radius 2 is 2.35 bits per heavy atom. The van der Waals surface area contributed by atoms with Crippen LogP contribution in [0.2, 0.25) is 0 Å². The van der Waals surface area contributed by atoms with Crippen LogP contribution in [0, 0.1) is 10.1 Å². The summed E-state index contributed by atoms with van der Waals surface area (Å²) in [5, 5.41) is 19.3. The number of nitro benzene ring substituents is 1. The van der Waals surface area contributed by atoms with Gasteiger partial charge in [-0.15, -0.1) is 0 Å². The van der Waals surface area contributed by atoms with Gasteiger partial charge in [0.1, 0.15) is 18.6 Å². The zero-order valence-corrected chi connectivity index (χ0v) is 11.6. The number of hydrogen-bond donors (Lipinski definition) is 2. The molecule has 118 valence electrons. The normalized spacial score (nSPS) is 13.2. The number of nitrogens with zero attached hydrogens (tertiary/aromatic N) is 4. The summed E-state index contributed by atoms with van der Waals surface area (Å²) in [6.45, 7) is -0.586. The van der Waals surface area contributed by atoms with Gasteiger partial charge in [-0.1, -0.05) is 0 Å². The van der Waals surface area contributed by atoms with E-state index in [0.717, 1.165) is 4.90 Å². The summed E-state index contributed by atoms with van der Waals surface area (Å²) >= 11 is 0. The van der Waals surface area contributed by atoms with E-state index in [1.807, 2.05) is 0 Å². The van der Waals surface area contributed by atoms with Crippen LogP contribution in [0.3, 0.4) is 0 Å². The third-order valence-corrected chi connectivity index (χ3v) is 3.07. The van der Waals surface area contributed by atoms with Crippen LogP contribution in [0.1, 0.15) is 0 Å². The summed E-state index contributed by atoms with van der Waals surface area (Å²) in [4.78, 5) is 39.1. The molecule has 0 unspecified atom stereocenters. The number of rotatable bonds is 4. The van der Waals surface area contributed by atoms with E-state index in [1.165, 1.54) is 24.5 Å². The number of nitrogens with one attached hydrogen (secondary N) is 2. The molecule has 3 rings (SSSR count). The van der Waals surface area contributed by atoms with Crippen LogP contribution in [0.15, 0.2) is 24.5 Å². The number of H-pyrrole nitrogens is 1. The Morgan fingerprint density at radius 1 is 1.52 bits per heavy atom. The molecule has 2 heterocycles. The maximum atomic E-state index is 12.0. The highest BCUT2D eigenvalue weighted by molar-refractivity contribution is 6.04. The molecule has 1 aliphatic rings. The number of fused-ring (bicyclic) bond motifs is 1. The summed E-state index contributed by atoms with van der Waals surface area (Å²) in [5.74, 6) is -0.585. The molecule has 2 aromatic rings. The van der Waals surface area contributed by atoms with Crippen LogP contribution < -0.4 is 15.0 Å². The number of carbonyl (C=O) groups is 2. The van der Waals surface area contributed by atoms with Crippen molar-refractivity contribution in [1.82, 2.24) is 15.2 Å². The second-order valence-corrected chi connectivity index (χ2v) is 4.56. The topological polar surface area (TPSA) is 143 Å². The largest absolute Gasteiger partial charge is 0.482 e. The molecular formula is C12H10N6O5. The van der Waals surface area contributed by atoms with Gasteiger partial charge in [0, 0.05) is 12.1 Å². The maximum absolute atomic E-state index is 12.0. The monoisotopic (exact) mass is 318 g/mol. The molecule has 0 bridgehead atoms. The van der Waals surface area contributed by atoms with Crippen LogP contribution in [-0.2, 0) is 9.59 Å². The maximum Gasteiger partial charge on any atom is 0.271 e. The highest BCUT2D eigenvalue weighted by Gasteiger charge is 2.29. The van der Waals surface area contributed by atoms with E-state index >= 15 is 0 Å². The fourth-order valence-corrected chi connectivity index (χ4v) is 2.06. The van der Waals surface area contributed by atoms with Crippen LogP contribution >= 0.6 is 0 Å². The highest BCUT2D eigenvalue weighted by atomic mass is 16.6. The first kappa shape index (κ1) is 14.4. The van der Waals surface area contributed by atoms with Crippen LogP contribution in [0.5, 0.6) is 5.75 Å². The molecule has 23 heavy (non-hydrogen) atoms. The first-order chi connectivity index (χ1) is 11.0. The Morgan fingerprint density at radius 3 is 3.04 bits per heavy atom. The van der Waals surface area contributed by atoms with Crippen molar-refractivity contribution >= 4 is 29.1 Å². The molecule has 1 aliphatic heterocycles. The van der Waals surface area contributed by atoms with Gasteiger partial charge in [-0.3, -0.25) is 29.9 Å². The molecule has 1 aromatic heterocycles. The number of anilines is 2. The fraction of sp³-hybridized carbons (Fsp3) is 0.167. The van der Waals surface area contributed by atoms with Gasteiger partial charge >= 0.3 is 0 Å². The number of carbonyl (C=O) groups excluding carboxylic acids is 2. The molecule has 0 saturated heterocycles. The lowest BCUT2D eigenvalue weighted by molar-refractivity contribution is -0.384. The number of aromatic amines is 1. The van der Waals surface area contributed by atoms with E-state index in [-0.39, 0.29) is 30.5 Å². The molecule has 11 nitrogen and oxygen atoms in total. The SMILES string of the molecule is O=C(CN1C(=O)COc2ccc([N+](=O)[O-])cc21)Nc1ncn[nH]1. The van der Waals surface area contributed by atoms with Crippen LogP contribution in [0.4, 0.5) is 17.3 Å². The van der Waals surface area contributed by atoms with Crippen molar-refractivity contribution in [2.45, 2.75) is 0 Å². The number of ether oxygens (including phenoxy) is 1. The summed E-state index contributed by atoms with van der Waals surface area (Å²) in [5.41, 5.74) is -0.0362. The number of benzene rings is 1. The van der Waals surface area contributed by atoms with E-state index < -0.39 is 16.7 Å². The molecule has 1 aromatic carbocycles. The smallest absolute Gasteiger partial charge is 0.271 e. The van der Waals surface area contributed by atoms with E-state index in [4.69, 9.17) is 4.74 Å². The first-order valence-corrected chi connectivity index (χ1v) is 6.41. The predicted octanol–water partition coefficient (Wildman–Crippen LogP) is 0.0770. The predicted molar refractivity (Wildman–Crippen MR) is 76.0 cm³/mol. The second-order valence-electron chi connectivity index (χ2n) is 4.56. The minimum absolute atomic E-state index is 0.134. The zero-order chi connectivity index (χ0) is 16.4. The van der Waals surface area contributed by atoms with Crippen molar-refractivity contribution in [3.05, 3.63) is 34.6 Å². The number of amides is 2. The Bertz CT molecular complexity index is 774. The third-order valence-electron chi connectivity index (χ3n) is 3.07. The van der Waals surface area contributed by atoms with Gasteiger partial charge < -0.3 is 4.74 Å². The molecule has 0 radical (unpaired) electrons. The Hall–Kier alpha value is -3.50. The number of nitro groups is 1. The minimum Gasteiger partial charge on any atom is -0.482 e. The van der Waals surface area contributed by atoms with E-state index in [9.17, 15) is 19.7 Å². The second kappa shape index (κ2) is 5.71. The van der Waals surface area contributed by atoms with Gasteiger partial charge in [-0.05, 0) is 6.07 Å². The molecule has 0 spiro atoms. The van der Waals surface area contributed by atoms with Crippen molar-refractivity contribution in [2.24, 2.45) is 0 Å². The summed E-state index contributed by atoms with van der Waals surface area (Å²) in [6.07, 6.45) is 1.22. The number of non-ortho nitro benzene ring substituents is 1. The van der Waals surface area contributed by atoms with Gasteiger partial charge in [-0.2, -0.15) is 10.1 Å². The molecule has 2 amide bonds.